The van der Waals surface area contributed by atoms with Crippen LogP contribution in [0.1, 0.15) is 56.3 Å². The molecule has 0 bridgehead atoms. The molecule has 138 valence electrons. The molecule has 1 saturated carbocycles. The highest BCUT2D eigenvalue weighted by molar-refractivity contribution is 5.99. The third-order valence-corrected chi connectivity index (χ3v) is 4.35. The lowest BCUT2D eigenvalue weighted by Gasteiger charge is -2.28. The van der Waals surface area contributed by atoms with Crippen molar-refractivity contribution in [3.63, 3.8) is 0 Å². The van der Waals surface area contributed by atoms with Crippen molar-refractivity contribution in [3.8, 4) is 5.75 Å². The first-order valence-electron chi connectivity index (χ1n) is 8.87. The Morgan fingerprint density at radius 1 is 1.20 bits per heavy atom. The number of esters is 1. The molecule has 0 radical (unpaired) electrons. The van der Waals surface area contributed by atoms with Crippen LogP contribution in [0.2, 0.25) is 0 Å². The predicted octanol–water partition coefficient (Wildman–Crippen LogP) is 3.55. The highest BCUT2D eigenvalue weighted by atomic mass is 16.5. The number of benzene rings is 1. The van der Waals surface area contributed by atoms with E-state index in [1.807, 2.05) is 13.8 Å². The standard InChI is InChI=1S/C19H27NO5/c1-4-12-25-19(10-6-7-11-19)18(22)20-14-8-9-16(24-5-2)15(13-14)17(21)23-3/h8-9,13H,4-7,10-12H2,1-3H3,(H,20,22). The number of rotatable bonds is 8. The van der Waals surface area contributed by atoms with E-state index in [4.69, 9.17) is 14.2 Å². The number of hydrogen-bond acceptors (Lipinski definition) is 5. The van der Waals surface area contributed by atoms with Gasteiger partial charge in [-0.3, -0.25) is 4.79 Å². The van der Waals surface area contributed by atoms with Gasteiger partial charge in [0, 0.05) is 12.3 Å². The number of nitrogens with one attached hydrogen (secondary N) is 1. The minimum Gasteiger partial charge on any atom is -0.493 e. The first-order valence-corrected chi connectivity index (χ1v) is 8.87. The number of carbonyl (C=O) groups is 2. The van der Waals surface area contributed by atoms with Crippen molar-refractivity contribution >= 4 is 17.6 Å². The SMILES string of the molecule is CCCOC1(C(=O)Nc2ccc(OCC)c(C(=O)OC)c2)CCCC1. The smallest absolute Gasteiger partial charge is 0.341 e. The van der Waals surface area contributed by atoms with Crippen LogP contribution < -0.4 is 10.1 Å². The van der Waals surface area contributed by atoms with E-state index in [9.17, 15) is 9.59 Å². The lowest BCUT2D eigenvalue weighted by molar-refractivity contribution is -0.140. The van der Waals surface area contributed by atoms with Gasteiger partial charge in [0.15, 0.2) is 0 Å². The summed E-state index contributed by atoms with van der Waals surface area (Å²) in [6.45, 7) is 4.86. The average molecular weight is 349 g/mol. The number of anilines is 1. The topological polar surface area (TPSA) is 73.9 Å². The molecule has 6 nitrogen and oxygen atoms in total. The largest absolute Gasteiger partial charge is 0.493 e. The fraction of sp³-hybridized carbons (Fsp3) is 0.579. The Hall–Kier alpha value is -2.08. The normalized spacial score (nSPS) is 15.6. The zero-order valence-electron chi connectivity index (χ0n) is 15.2. The van der Waals surface area contributed by atoms with E-state index in [2.05, 4.69) is 5.32 Å². The Balaban J connectivity index is 2.20. The van der Waals surface area contributed by atoms with Gasteiger partial charge in [-0.2, -0.15) is 0 Å². The Morgan fingerprint density at radius 3 is 2.52 bits per heavy atom. The number of hydrogen-bond donors (Lipinski definition) is 1. The summed E-state index contributed by atoms with van der Waals surface area (Å²) >= 11 is 0. The summed E-state index contributed by atoms with van der Waals surface area (Å²) in [5.74, 6) is -0.221. The molecule has 1 aliphatic carbocycles. The molecule has 2 rings (SSSR count). The lowest BCUT2D eigenvalue weighted by Crippen LogP contribution is -2.43. The van der Waals surface area contributed by atoms with Crippen LogP contribution in [0.3, 0.4) is 0 Å². The molecule has 0 atom stereocenters. The summed E-state index contributed by atoms with van der Waals surface area (Å²) in [6, 6.07) is 4.97. The van der Waals surface area contributed by atoms with E-state index >= 15 is 0 Å². The summed E-state index contributed by atoms with van der Waals surface area (Å²) in [4.78, 5) is 24.8. The van der Waals surface area contributed by atoms with Gasteiger partial charge in [-0.25, -0.2) is 4.79 Å². The van der Waals surface area contributed by atoms with Crippen LogP contribution in [-0.2, 0) is 14.3 Å². The molecule has 1 aromatic carbocycles. The Bertz CT molecular complexity index is 608. The molecular formula is C19H27NO5. The molecule has 0 aliphatic heterocycles. The van der Waals surface area contributed by atoms with E-state index in [1.54, 1.807) is 18.2 Å². The van der Waals surface area contributed by atoms with Crippen LogP contribution in [0.25, 0.3) is 0 Å². The molecular weight excluding hydrogens is 322 g/mol. The number of methoxy groups -OCH3 is 1. The van der Waals surface area contributed by atoms with Crippen molar-refractivity contribution in [2.24, 2.45) is 0 Å². The Kier molecular flexibility index (Phi) is 6.82. The highest BCUT2D eigenvalue weighted by Crippen LogP contribution is 2.35. The van der Waals surface area contributed by atoms with Crippen LogP contribution in [0.15, 0.2) is 18.2 Å². The van der Waals surface area contributed by atoms with Crippen molar-refractivity contribution in [2.45, 2.75) is 51.6 Å². The molecule has 1 amide bonds. The average Bonchev–Trinajstić information content (AvgIpc) is 3.11. The molecule has 0 spiro atoms. The first kappa shape index (κ1) is 19.2. The maximum absolute atomic E-state index is 12.8. The first-order chi connectivity index (χ1) is 12.1. The fourth-order valence-corrected chi connectivity index (χ4v) is 3.08. The number of carbonyl (C=O) groups excluding carboxylic acids is 2. The van der Waals surface area contributed by atoms with E-state index < -0.39 is 11.6 Å². The van der Waals surface area contributed by atoms with Crippen molar-refractivity contribution in [2.75, 3.05) is 25.6 Å². The van der Waals surface area contributed by atoms with Gasteiger partial charge in [0.2, 0.25) is 0 Å². The van der Waals surface area contributed by atoms with Crippen molar-refractivity contribution in [1.82, 2.24) is 0 Å². The second-order valence-electron chi connectivity index (χ2n) is 6.14. The van der Waals surface area contributed by atoms with Crippen LogP contribution in [0.4, 0.5) is 5.69 Å². The summed E-state index contributed by atoms with van der Waals surface area (Å²) in [5, 5.41) is 2.90. The van der Waals surface area contributed by atoms with Gasteiger partial charge in [-0.1, -0.05) is 6.92 Å². The molecule has 1 fully saturated rings. The Morgan fingerprint density at radius 2 is 1.92 bits per heavy atom. The van der Waals surface area contributed by atoms with Crippen molar-refractivity contribution in [1.29, 1.82) is 0 Å². The number of amides is 1. The second kappa shape index (κ2) is 8.85. The van der Waals surface area contributed by atoms with E-state index in [-0.39, 0.29) is 11.5 Å². The van der Waals surface area contributed by atoms with Gasteiger partial charge >= 0.3 is 5.97 Å². The minimum atomic E-state index is -0.764. The Labute approximate surface area is 148 Å². The van der Waals surface area contributed by atoms with Crippen LogP contribution in [-0.4, -0.2) is 37.8 Å². The van der Waals surface area contributed by atoms with Gasteiger partial charge in [0.1, 0.15) is 16.9 Å². The molecule has 1 aromatic rings. The molecule has 0 saturated heterocycles. The van der Waals surface area contributed by atoms with Gasteiger partial charge in [-0.05, 0) is 57.2 Å². The fourth-order valence-electron chi connectivity index (χ4n) is 3.08. The number of ether oxygens (including phenoxy) is 3. The van der Waals surface area contributed by atoms with Crippen LogP contribution >= 0.6 is 0 Å². The lowest BCUT2D eigenvalue weighted by atomic mass is 10.0. The zero-order valence-corrected chi connectivity index (χ0v) is 15.2. The van der Waals surface area contributed by atoms with E-state index in [0.29, 0.717) is 24.7 Å². The van der Waals surface area contributed by atoms with E-state index in [1.165, 1.54) is 7.11 Å². The molecule has 25 heavy (non-hydrogen) atoms. The summed E-state index contributed by atoms with van der Waals surface area (Å²) in [6.07, 6.45) is 4.27. The van der Waals surface area contributed by atoms with Crippen LogP contribution in [0, 0.1) is 0 Å². The van der Waals surface area contributed by atoms with E-state index in [0.717, 1.165) is 32.1 Å². The van der Waals surface area contributed by atoms with Gasteiger partial charge in [0.25, 0.3) is 5.91 Å². The third-order valence-electron chi connectivity index (χ3n) is 4.35. The quantitative estimate of drug-likeness (QED) is 0.727. The monoisotopic (exact) mass is 349 g/mol. The highest BCUT2D eigenvalue weighted by Gasteiger charge is 2.42. The van der Waals surface area contributed by atoms with Gasteiger partial charge in [-0.15, -0.1) is 0 Å². The van der Waals surface area contributed by atoms with Crippen molar-refractivity contribution in [3.05, 3.63) is 23.8 Å². The molecule has 1 N–H and O–H groups in total. The van der Waals surface area contributed by atoms with Crippen molar-refractivity contribution < 1.29 is 23.8 Å². The maximum Gasteiger partial charge on any atom is 0.341 e. The second-order valence-corrected chi connectivity index (χ2v) is 6.14. The molecule has 0 aromatic heterocycles. The van der Waals surface area contributed by atoms with Gasteiger partial charge < -0.3 is 19.5 Å². The minimum absolute atomic E-state index is 0.154. The molecule has 6 heteroatoms. The third kappa shape index (κ3) is 4.51. The summed E-state index contributed by atoms with van der Waals surface area (Å²) in [5.41, 5.74) is 0.0531. The van der Waals surface area contributed by atoms with Crippen LogP contribution in [0.5, 0.6) is 5.75 Å². The predicted molar refractivity (Wildman–Crippen MR) is 95.0 cm³/mol. The molecule has 1 aliphatic rings. The summed E-state index contributed by atoms with van der Waals surface area (Å²) < 4.78 is 16.2. The van der Waals surface area contributed by atoms with Gasteiger partial charge in [0.05, 0.1) is 13.7 Å². The summed E-state index contributed by atoms with van der Waals surface area (Å²) in [7, 11) is 1.31. The zero-order chi connectivity index (χ0) is 18.3. The molecule has 0 unspecified atom stereocenters. The molecule has 0 heterocycles. The maximum atomic E-state index is 12.8.